The number of rotatable bonds is 4. The van der Waals surface area contributed by atoms with E-state index in [2.05, 4.69) is 45.0 Å². The standard InChI is InChI=1S/C22H20ClN3S/c23-21-14-8-7-9-18(21)15-24-16-25(19-10-3-1-4-11-19)22(27)26(17-24)20-12-5-2-6-13-20/h1-14H,15-17H2. The number of thiocarbonyl (C=S) groups is 1. The zero-order valence-electron chi connectivity index (χ0n) is 14.8. The number of nitrogens with zero attached hydrogens (tertiary/aromatic N) is 3. The van der Waals surface area contributed by atoms with Crippen molar-refractivity contribution in [3.63, 3.8) is 0 Å². The van der Waals surface area contributed by atoms with Crippen LogP contribution in [0.25, 0.3) is 0 Å². The number of hydrogen-bond donors (Lipinski definition) is 0. The molecule has 4 rings (SSSR count). The molecule has 0 aliphatic carbocycles. The van der Waals surface area contributed by atoms with Gasteiger partial charge >= 0.3 is 0 Å². The summed E-state index contributed by atoms with van der Waals surface area (Å²) in [6.07, 6.45) is 0. The van der Waals surface area contributed by atoms with Gasteiger partial charge in [0.05, 0.1) is 13.3 Å². The number of hydrogen-bond acceptors (Lipinski definition) is 2. The molecule has 1 saturated heterocycles. The van der Waals surface area contributed by atoms with Crippen LogP contribution in [0.1, 0.15) is 5.56 Å². The topological polar surface area (TPSA) is 9.72 Å². The monoisotopic (exact) mass is 393 g/mol. The molecule has 1 heterocycles. The highest BCUT2D eigenvalue weighted by atomic mass is 35.5. The second-order valence-corrected chi connectivity index (χ2v) is 7.29. The Morgan fingerprint density at radius 3 is 1.70 bits per heavy atom. The first-order valence-corrected chi connectivity index (χ1v) is 9.66. The van der Waals surface area contributed by atoms with Gasteiger partial charge in [0.15, 0.2) is 5.11 Å². The van der Waals surface area contributed by atoms with E-state index in [0.717, 1.165) is 47.0 Å². The van der Waals surface area contributed by atoms with E-state index < -0.39 is 0 Å². The lowest BCUT2D eigenvalue weighted by atomic mass is 10.2. The Morgan fingerprint density at radius 2 is 1.19 bits per heavy atom. The maximum atomic E-state index is 6.40. The lowest BCUT2D eigenvalue weighted by Crippen LogP contribution is -2.58. The lowest BCUT2D eigenvalue weighted by Gasteiger charge is -2.44. The van der Waals surface area contributed by atoms with E-state index in [1.807, 2.05) is 54.6 Å². The summed E-state index contributed by atoms with van der Waals surface area (Å²) in [6.45, 7) is 2.20. The molecule has 1 aliphatic rings. The van der Waals surface area contributed by atoms with Gasteiger partial charge in [-0.05, 0) is 48.1 Å². The SMILES string of the molecule is S=C1N(c2ccccc2)CN(Cc2ccccc2Cl)CN1c1ccccc1. The first kappa shape index (κ1) is 18.0. The first-order valence-electron chi connectivity index (χ1n) is 8.87. The van der Waals surface area contributed by atoms with Crippen molar-refractivity contribution in [2.75, 3.05) is 23.1 Å². The van der Waals surface area contributed by atoms with Crippen molar-refractivity contribution < 1.29 is 0 Å². The molecule has 0 unspecified atom stereocenters. The molecule has 0 bridgehead atoms. The van der Waals surface area contributed by atoms with Crippen molar-refractivity contribution in [1.29, 1.82) is 0 Å². The van der Waals surface area contributed by atoms with Crippen LogP contribution in [0.4, 0.5) is 11.4 Å². The average molecular weight is 394 g/mol. The van der Waals surface area contributed by atoms with Gasteiger partial charge in [0.1, 0.15) is 0 Å². The van der Waals surface area contributed by atoms with Crippen LogP contribution < -0.4 is 9.80 Å². The second-order valence-electron chi connectivity index (χ2n) is 6.51. The zero-order chi connectivity index (χ0) is 18.6. The Labute approximate surface area is 170 Å². The summed E-state index contributed by atoms with van der Waals surface area (Å²) in [6, 6.07) is 28.6. The Morgan fingerprint density at radius 1 is 0.704 bits per heavy atom. The van der Waals surface area contributed by atoms with Crippen molar-refractivity contribution >= 4 is 40.3 Å². The molecule has 1 aliphatic heterocycles. The van der Waals surface area contributed by atoms with E-state index in [-0.39, 0.29) is 0 Å². The van der Waals surface area contributed by atoms with Gasteiger partial charge in [-0.2, -0.15) is 0 Å². The van der Waals surface area contributed by atoms with Crippen molar-refractivity contribution in [3.05, 3.63) is 95.5 Å². The molecule has 0 N–H and O–H groups in total. The van der Waals surface area contributed by atoms with Gasteiger partial charge in [0, 0.05) is 22.9 Å². The van der Waals surface area contributed by atoms with Crippen LogP contribution in [-0.2, 0) is 6.54 Å². The van der Waals surface area contributed by atoms with Gasteiger partial charge in [0.25, 0.3) is 0 Å². The largest absolute Gasteiger partial charge is 0.305 e. The van der Waals surface area contributed by atoms with Crippen LogP contribution in [0.3, 0.4) is 0 Å². The van der Waals surface area contributed by atoms with Crippen LogP contribution >= 0.6 is 23.8 Å². The smallest absolute Gasteiger partial charge is 0.182 e. The molecule has 0 amide bonds. The van der Waals surface area contributed by atoms with E-state index in [4.69, 9.17) is 23.8 Å². The predicted molar refractivity (Wildman–Crippen MR) is 117 cm³/mol. The van der Waals surface area contributed by atoms with Gasteiger partial charge < -0.3 is 9.80 Å². The van der Waals surface area contributed by atoms with E-state index in [1.54, 1.807) is 0 Å². The Bertz CT molecular complexity index is 866. The predicted octanol–water partition coefficient (Wildman–Crippen LogP) is 5.37. The minimum Gasteiger partial charge on any atom is -0.305 e. The Kier molecular flexibility index (Phi) is 5.39. The molecule has 3 aromatic carbocycles. The third kappa shape index (κ3) is 3.98. The van der Waals surface area contributed by atoms with E-state index in [9.17, 15) is 0 Å². The minimum absolute atomic E-state index is 0.720. The van der Waals surface area contributed by atoms with Crippen LogP contribution in [0.15, 0.2) is 84.9 Å². The maximum Gasteiger partial charge on any atom is 0.182 e. The third-order valence-electron chi connectivity index (χ3n) is 4.63. The molecular weight excluding hydrogens is 374 g/mol. The third-order valence-corrected chi connectivity index (χ3v) is 5.44. The number of halogens is 1. The molecule has 3 aromatic rings. The summed E-state index contributed by atoms with van der Waals surface area (Å²) in [5.74, 6) is 0. The van der Waals surface area contributed by atoms with Crippen molar-refractivity contribution in [2.45, 2.75) is 6.54 Å². The molecule has 0 atom stereocenters. The molecule has 0 aromatic heterocycles. The molecule has 0 saturated carbocycles. The second kappa shape index (κ2) is 8.09. The van der Waals surface area contributed by atoms with Crippen LogP contribution in [0.5, 0.6) is 0 Å². The van der Waals surface area contributed by atoms with Crippen molar-refractivity contribution in [3.8, 4) is 0 Å². The number of anilines is 2. The number of benzene rings is 3. The van der Waals surface area contributed by atoms with Crippen LogP contribution in [0.2, 0.25) is 5.02 Å². The van der Waals surface area contributed by atoms with Crippen LogP contribution in [-0.4, -0.2) is 23.3 Å². The summed E-state index contributed by atoms with van der Waals surface area (Å²) in [7, 11) is 0. The van der Waals surface area contributed by atoms with Gasteiger partial charge in [0.2, 0.25) is 0 Å². The molecule has 0 radical (unpaired) electrons. The molecule has 27 heavy (non-hydrogen) atoms. The normalized spacial score (nSPS) is 15.2. The summed E-state index contributed by atoms with van der Waals surface area (Å²) in [4.78, 5) is 6.68. The molecule has 136 valence electrons. The molecule has 0 spiro atoms. The first-order chi connectivity index (χ1) is 13.2. The quantitative estimate of drug-likeness (QED) is 0.551. The summed E-state index contributed by atoms with van der Waals surface area (Å²) >= 11 is 12.3. The van der Waals surface area contributed by atoms with Crippen molar-refractivity contribution in [1.82, 2.24) is 4.90 Å². The molecular formula is C22H20ClN3S. The van der Waals surface area contributed by atoms with Crippen molar-refractivity contribution in [2.24, 2.45) is 0 Å². The average Bonchev–Trinajstić information content (AvgIpc) is 2.72. The molecule has 3 nitrogen and oxygen atoms in total. The highest BCUT2D eigenvalue weighted by Gasteiger charge is 2.29. The Hall–Kier alpha value is -2.40. The van der Waals surface area contributed by atoms with E-state index in [1.165, 1.54) is 0 Å². The van der Waals surface area contributed by atoms with E-state index >= 15 is 0 Å². The lowest BCUT2D eigenvalue weighted by molar-refractivity contribution is 0.269. The van der Waals surface area contributed by atoms with Gasteiger partial charge in [-0.1, -0.05) is 66.2 Å². The fourth-order valence-electron chi connectivity index (χ4n) is 3.28. The van der Waals surface area contributed by atoms with Gasteiger partial charge in [-0.25, -0.2) is 0 Å². The highest BCUT2D eigenvalue weighted by molar-refractivity contribution is 7.80. The molecule has 1 fully saturated rings. The van der Waals surface area contributed by atoms with Gasteiger partial charge in [-0.3, -0.25) is 4.90 Å². The Balaban J connectivity index is 1.66. The van der Waals surface area contributed by atoms with Crippen LogP contribution in [0, 0.1) is 0 Å². The zero-order valence-corrected chi connectivity index (χ0v) is 16.4. The maximum absolute atomic E-state index is 6.40. The summed E-state index contributed by atoms with van der Waals surface area (Å²) in [5, 5.41) is 1.60. The van der Waals surface area contributed by atoms with E-state index in [0.29, 0.717) is 0 Å². The highest BCUT2D eigenvalue weighted by Crippen LogP contribution is 2.27. The van der Waals surface area contributed by atoms with Gasteiger partial charge in [-0.15, -0.1) is 0 Å². The fraction of sp³-hybridized carbons (Fsp3) is 0.136. The number of para-hydroxylation sites is 2. The molecule has 5 heteroatoms. The fourth-order valence-corrected chi connectivity index (χ4v) is 3.80. The summed E-state index contributed by atoms with van der Waals surface area (Å²) < 4.78 is 0. The minimum atomic E-state index is 0.720. The summed E-state index contributed by atoms with van der Waals surface area (Å²) in [5.41, 5.74) is 3.30.